The Morgan fingerprint density at radius 3 is 2.60 bits per heavy atom. The van der Waals surface area contributed by atoms with Crippen molar-refractivity contribution in [3.05, 3.63) is 0 Å². The van der Waals surface area contributed by atoms with Crippen LogP contribution in [0.1, 0.15) is 13.3 Å². The molecule has 2 N–H and O–H groups in total. The number of aliphatic hydroxyl groups excluding tert-OH is 1. The second kappa shape index (κ2) is 6.13. The number of alkyl halides is 1. The summed E-state index contributed by atoms with van der Waals surface area (Å²) in [6.07, 6.45) is 0.830. The molecule has 0 heterocycles. The summed E-state index contributed by atoms with van der Waals surface area (Å²) in [6, 6.07) is 0. The lowest BCUT2D eigenvalue weighted by Crippen LogP contribution is -2.22. The summed E-state index contributed by atoms with van der Waals surface area (Å²) < 4.78 is 0. The molecule has 0 saturated heterocycles. The normalized spacial score (nSPS) is 16.8. The van der Waals surface area contributed by atoms with Crippen molar-refractivity contribution in [2.24, 2.45) is 5.92 Å². The minimum absolute atomic E-state index is 0.201. The average molecular weight is 210 g/mol. The van der Waals surface area contributed by atoms with E-state index in [2.05, 4.69) is 28.2 Å². The Morgan fingerprint density at radius 2 is 2.20 bits per heavy atom. The van der Waals surface area contributed by atoms with Crippen LogP contribution in [0.15, 0.2) is 0 Å². The lowest BCUT2D eigenvalue weighted by atomic mass is 10.0. The lowest BCUT2D eigenvalue weighted by molar-refractivity contribution is 0.136. The van der Waals surface area contributed by atoms with Gasteiger partial charge in [0, 0.05) is 5.33 Å². The monoisotopic (exact) mass is 209 g/mol. The summed E-state index contributed by atoms with van der Waals surface area (Å²) in [7, 11) is 1.92. The van der Waals surface area contributed by atoms with Crippen molar-refractivity contribution < 1.29 is 5.11 Å². The van der Waals surface area contributed by atoms with E-state index >= 15 is 0 Å². The fourth-order valence-electron chi connectivity index (χ4n) is 0.716. The van der Waals surface area contributed by atoms with E-state index in [-0.39, 0.29) is 6.10 Å². The highest BCUT2D eigenvalue weighted by molar-refractivity contribution is 9.09. The molecule has 0 rings (SSSR count). The molecule has 0 fully saturated rings. The maximum absolute atomic E-state index is 9.28. The van der Waals surface area contributed by atoms with E-state index in [1.807, 2.05) is 7.05 Å². The summed E-state index contributed by atoms with van der Waals surface area (Å²) in [5.74, 6) is 0.381. The predicted molar refractivity (Wildman–Crippen MR) is 47.5 cm³/mol. The van der Waals surface area contributed by atoms with Crippen molar-refractivity contribution in [1.82, 2.24) is 5.32 Å². The van der Waals surface area contributed by atoms with E-state index in [1.54, 1.807) is 0 Å². The molecule has 0 radical (unpaired) electrons. The smallest absolute Gasteiger partial charge is 0.0662 e. The number of hydrogen-bond donors (Lipinski definition) is 2. The third-order valence-electron chi connectivity index (χ3n) is 1.66. The van der Waals surface area contributed by atoms with Gasteiger partial charge in [-0.05, 0) is 25.9 Å². The van der Waals surface area contributed by atoms with Crippen molar-refractivity contribution in [3.8, 4) is 0 Å². The molecule has 2 unspecified atom stereocenters. The summed E-state index contributed by atoms with van der Waals surface area (Å²) in [5.41, 5.74) is 0. The topological polar surface area (TPSA) is 32.3 Å². The van der Waals surface area contributed by atoms with Gasteiger partial charge in [0.15, 0.2) is 0 Å². The van der Waals surface area contributed by atoms with Crippen molar-refractivity contribution in [2.75, 3.05) is 18.9 Å². The van der Waals surface area contributed by atoms with Crippen LogP contribution in [0.5, 0.6) is 0 Å². The molecule has 0 aliphatic carbocycles. The van der Waals surface area contributed by atoms with Crippen LogP contribution >= 0.6 is 15.9 Å². The van der Waals surface area contributed by atoms with Crippen LogP contribution in [0.4, 0.5) is 0 Å². The van der Waals surface area contributed by atoms with Gasteiger partial charge in [-0.1, -0.05) is 22.9 Å². The maximum Gasteiger partial charge on any atom is 0.0662 e. The van der Waals surface area contributed by atoms with Gasteiger partial charge < -0.3 is 10.4 Å². The molecule has 0 aliphatic rings. The van der Waals surface area contributed by atoms with Crippen LogP contribution in [0.2, 0.25) is 0 Å². The Kier molecular flexibility index (Phi) is 6.38. The van der Waals surface area contributed by atoms with Gasteiger partial charge in [-0.3, -0.25) is 0 Å². The second-order valence-electron chi connectivity index (χ2n) is 2.59. The van der Waals surface area contributed by atoms with Crippen molar-refractivity contribution in [1.29, 1.82) is 0 Å². The fraction of sp³-hybridized carbons (Fsp3) is 1.00. The highest BCUT2D eigenvalue weighted by Gasteiger charge is 2.10. The SMILES string of the molecule is CNCCC(C)C(O)CBr. The number of hydrogen-bond acceptors (Lipinski definition) is 2. The first-order chi connectivity index (χ1) is 4.72. The number of rotatable bonds is 5. The van der Waals surface area contributed by atoms with E-state index in [4.69, 9.17) is 0 Å². The molecule has 0 spiro atoms. The number of halogens is 1. The summed E-state index contributed by atoms with van der Waals surface area (Å²) in [5, 5.41) is 13.0. The van der Waals surface area contributed by atoms with Crippen LogP contribution in [0.25, 0.3) is 0 Å². The Labute approximate surface area is 71.1 Å². The number of nitrogens with one attached hydrogen (secondary N) is 1. The number of aliphatic hydroxyl groups is 1. The van der Waals surface area contributed by atoms with E-state index in [0.717, 1.165) is 13.0 Å². The molecular formula is C7H16BrNO. The lowest BCUT2D eigenvalue weighted by Gasteiger charge is -2.15. The molecular weight excluding hydrogens is 194 g/mol. The van der Waals surface area contributed by atoms with Gasteiger partial charge in [0.1, 0.15) is 0 Å². The Bertz CT molecular complexity index is 80.0. The molecule has 0 aromatic carbocycles. The molecule has 10 heavy (non-hydrogen) atoms. The van der Waals surface area contributed by atoms with Crippen LogP contribution in [-0.4, -0.2) is 30.1 Å². The van der Waals surface area contributed by atoms with Gasteiger partial charge >= 0.3 is 0 Å². The molecule has 2 nitrogen and oxygen atoms in total. The first-order valence-electron chi connectivity index (χ1n) is 3.61. The summed E-state index contributed by atoms with van der Waals surface area (Å²) in [6.45, 7) is 3.04. The predicted octanol–water partition coefficient (Wildman–Crippen LogP) is 0.988. The van der Waals surface area contributed by atoms with Gasteiger partial charge in [-0.25, -0.2) is 0 Å². The molecule has 0 bridgehead atoms. The standard InChI is InChI=1S/C7H16BrNO/c1-6(3-4-9-2)7(10)5-8/h6-7,9-10H,3-5H2,1-2H3. The van der Waals surface area contributed by atoms with Crippen molar-refractivity contribution in [2.45, 2.75) is 19.4 Å². The van der Waals surface area contributed by atoms with E-state index in [1.165, 1.54) is 0 Å². The van der Waals surface area contributed by atoms with E-state index in [0.29, 0.717) is 11.2 Å². The van der Waals surface area contributed by atoms with Crippen LogP contribution in [-0.2, 0) is 0 Å². The van der Waals surface area contributed by atoms with Gasteiger partial charge in [0.2, 0.25) is 0 Å². The van der Waals surface area contributed by atoms with Gasteiger partial charge in [-0.15, -0.1) is 0 Å². The molecule has 0 aliphatic heterocycles. The highest BCUT2D eigenvalue weighted by Crippen LogP contribution is 2.08. The third kappa shape index (κ3) is 4.25. The largest absolute Gasteiger partial charge is 0.392 e. The molecule has 0 aromatic heterocycles. The average Bonchev–Trinajstić information content (AvgIpc) is 1.98. The van der Waals surface area contributed by atoms with Crippen molar-refractivity contribution >= 4 is 15.9 Å². The van der Waals surface area contributed by atoms with Crippen molar-refractivity contribution in [3.63, 3.8) is 0 Å². The first-order valence-corrected chi connectivity index (χ1v) is 4.73. The minimum Gasteiger partial charge on any atom is -0.392 e. The molecule has 62 valence electrons. The quantitative estimate of drug-likeness (QED) is 0.663. The van der Waals surface area contributed by atoms with Crippen LogP contribution < -0.4 is 5.32 Å². The minimum atomic E-state index is -0.201. The third-order valence-corrected chi connectivity index (χ3v) is 2.33. The van der Waals surface area contributed by atoms with E-state index < -0.39 is 0 Å². The first kappa shape index (κ1) is 10.4. The highest BCUT2D eigenvalue weighted by atomic mass is 79.9. The Balaban J connectivity index is 3.31. The summed E-state index contributed by atoms with van der Waals surface area (Å²) in [4.78, 5) is 0. The van der Waals surface area contributed by atoms with Gasteiger partial charge in [0.05, 0.1) is 6.10 Å². The maximum atomic E-state index is 9.28. The molecule has 0 amide bonds. The Morgan fingerprint density at radius 1 is 1.60 bits per heavy atom. The zero-order chi connectivity index (χ0) is 7.98. The molecule has 2 atom stereocenters. The zero-order valence-corrected chi connectivity index (χ0v) is 8.19. The van der Waals surface area contributed by atoms with Gasteiger partial charge in [0.25, 0.3) is 0 Å². The fourth-order valence-corrected chi connectivity index (χ4v) is 1.35. The molecule has 3 heteroatoms. The summed E-state index contributed by atoms with van der Waals surface area (Å²) >= 11 is 3.24. The van der Waals surface area contributed by atoms with Crippen LogP contribution in [0, 0.1) is 5.92 Å². The second-order valence-corrected chi connectivity index (χ2v) is 3.24. The van der Waals surface area contributed by atoms with Crippen LogP contribution in [0.3, 0.4) is 0 Å². The zero-order valence-electron chi connectivity index (χ0n) is 6.60. The van der Waals surface area contributed by atoms with E-state index in [9.17, 15) is 5.11 Å². The molecule has 0 saturated carbocycles. The Hall–Kier alpha value is 0.400. The molecule has 0 aromatic rings. The van der Waals surface area contributed by atoms with Gasteiger partial charge in [-0.2, -0.15) is 0 Å².